The summed E-state index contributed by atoms with van der Waals surface area (Å²) < 4.78 is 11.6. The number of aromatic nitrogens is 4. The first-order valence-corrected chi connectivity index (χ1v) is 8.73. The minimum atomic E-state index is -1.51. The molecule has 0 unspecified atom stereocenters. The molecule has 0 aliphatic carbocycles. The number of imidazole rings is 1. The molecule has 4 rings (SSSR count). The van der Waals surface area contributed by atoms with Crippen LogP contribution in [0.3, 0.4) is 0 Å². The Bertz CT molecular complexity index is 1220. The number of H-pyrrole nitrogens is 1. The van der Waals surface area contributed by atoms with Gasteiger partial charge in [-0.05, 0) is 6.07 Å². The van der Waals surface area contributed by atoms with Crippen LogP contribution < -0.4 is 16.7 Å². The van der Waals surface area contributed by atoms with Gasteiger partial charge in [0, 0.05) is 0 Å². The molecule has 3 aromatic heterocycles. The Morgan fingerprint density at radius 3 is 2.81 bits per heavy atom. The van der Waals surface area contributed by atoms with Crippen molar-refractivity contribution >= 4 is 35.2 Å². The average Bonchev–Trinajstić information content (AvgIpc) is 3.40. The van der Waals surface area contributed by atoms with Crippen molar-refractivity contribution in [3.8, 4) is 0 Å². The summed E-state index contributed by atoms with van der Waals surface area (Å²) in [5.41, 5.74) is 7.18. The maximum absolute atomic E-state index is 12.2. The maximum atomic E-state index is 12.2. The van der Waals surface area contributed by atoms with Gasteiger partial charge in [-0.2, -0.15) is 10.1 Å². The number of aromatic amines is 1. The van der Waals surface area contributed by atoms with E-state index in [0.717, 1.165) is 16.8 Å². The Balaban J connectivity index is 1.73. The van der Waals surface area contributed by atoms with Crippen LogP contribution in [0.5, 0.6) is 0 Å². The first-order chi connectivity index (χ1) is 14.8. The SMILES string of the molecule is Nc1nc2c(nc(N/N=C\c3ccc([N+](=O)[O-])o3)n2[C@H]2O[C@@H](CO)[C@@H](O)[C@H]2O)c(=O)[nH]1. The summed E-state index contributed by atoms with van der Waals surface area (Å²) in [6.07, 6.45) is -4.22. The van der Waals surface area contributed by atoms with E-state index in [4.69, 9.17) is 14.9 Å². The van der Waals surface area contributed by atoms with E-state index >= 15 is 0 Å². The van der Waals surface area contributed by atoms with Crippen LogP contribution in [0, 0.1) is 10.1 Å². The number of hydrogen-bond donors (Lipinski definition) is 6. The molecule has 0 radical (unpaired) electrons. The molecule has 1 saturated heterocycles. The van der Waals surface area contributed by atoms with Gasteiger partial charge in [-0.15, -0.1) is 0 Å². The number of nitrogens with one attached hydrogen (secondary N) is 2. The van der Waals surface area contributed by atoms with Crippen molar-refractivity contribution in [1.82, 2.24) is 19.5 Å². The van der Waals surface area contributed by atoms with E-state index in [0.29, 0.717) is 0 Å². The fraction of sp³-hybridized carbons (Fsp3) is 0.333. The monoisotopic (exact) mass is 436 g/mol. The highest BCUT2D eigenvalue weighted by molar-refractivity contribution is 5.78. The molecule has 4 heterocycles. The van der Waals surface area contributed by atoms with E-state index in [-0.39, 0.29) is 28.8 Å². The standard InChI is InChI=1S/C15H16N8O8/c16-14-19-11-8(12(27)20-14)18-15(21-17-3-5-1-2-7(30-5)23(28)29)22(11)13-10(26)9(25)6(4-24)31-13/h1-3,6,9-10,13,24-26H,4H2,(H,18,21)(H3,16,19,20,27)/b17-3-/t6-,9+,10+,13-/m0/s1. The van der Waals surface area contributed by atoms with Crippen molar-refractivity contribution in [1.29, 1.82) is 0 Å². The number of hydrogen-bond acceptors (Lipinski definition) is 13. The van der Waals surface area contributed by atoms with E-state index < -0.39 is 47.5 Å². The number of fused-ring (bicyclic) bond motifs is 1. The Morgan fingerprint density at radius 2 is 2.16 bits per heavy atom. The van der Waals surface area contributed by atoms with E-state index in [1.54, 1.807) is 0 Å². The maximum Gasteiger partial charge on any atom is 0.433 e. The van der Waals surface area contributed by atoms with Gasteiger partial charge in [0.15, 0.2) is 23.2 Å². The van der Waals surface area contributed by atoms with E-state index in [9.17, 15) is 30.2 Å². The topological polar surface area (TPSA) is 240 Å². The fourth-order valence-corrected chi connectivity index (χ4v) is 3.08. The number of anilines is 2. The zero-order valence-electron chi connectivity index (χ0n) is 15.4. The van der Waals surface area contributed by atoms with Crippen molar-refractivity contribution < 1.29 is 29.4 Å². The van der Waals surface area contributed by atoms with Gasteiger partial charge in [0.25, 0.3) is 5.56 Å². The smallest absolute Gasteiger partial charge is 0.400 e. The van der Waals surface area contributed by atoms with Gasteiger partial charge in [-0.25, -0.2) is 10.4 Å². The molecule has 0 saturated carbocycles. The van der Waals surface area contributed by atoms with Gasteiger partial charge in [0.2, 0.25) is 11.9 Å². The number of nitro groups is 1. The summed E-state index contributed by atoms with van der Waals surface area (Å²) >= 11 is 0. The molecule has 16 heteroatoms. The molecule has 1 aliphatic heterocycles. The Morgan fingerprint density at radius 1 is 1.39 bits per heavy atom. The molecule has 31 heavy (non-hydrogen) atoms. The summed E-state index contributed by atoms with van der Waals surface area (Å²) in [6.45, 7) is -0.574. The predicted molar refractivity (Wildman–Crippen MR) is 102 cm³/mol. The van der Waals surface area contributed by atoms with Crippen molar-refractivity contribution in [3.63, 3.8) is 0 Å². The highest BCUT2D eigenvalue weighted by atomic mass is 16.6. The molecule has 4 atom stereocenters. The lowest BCUT2D eigenvalue weighted by atomic mass is 10.1. The minimum Gasteiger partial charge on any atom is -0.400 e. The van der Waals surface area contributed by atoms with E-state index in [1.807, 2.05) is 0 Å². The molecule has 1 fully saturated rings. The molecule has 7 N–H and O–H groups in total. The lowest BCUT2D eigenvalue weighted by Crippen LogP contribution is -2.33. The predicted octanol–water partition coefficient (Wildman–Crippen LogP) is -1.74. The van der Waals surface area contributed by atoms with Gasteiger partial charge in [0.1, 0.15) is 23.2 Å². The van der Waals surface area contributed by atoms with E-state index in [1.165, 1.54) is 6.07 Å². The number of ether oxygens (including phenoxy) is 1. The highest BCUT2D eigenvalue weighted by Crippen LogP contribution is 2.33. The average molecular weight is 436 g/mol. The first kappa shape index (κ1) is 20.4. The van der Waals surface area contributed by atoms with Gasteiger partial charge in [-0.3, -0.25) is 24.5 Å². The number of furan rings is 1. The van der Waals surface area contributed by atoms with Crippen molar-refractivity contribution in [2.24, 2.45) is 5.10 Å². The molecule has 0 aromatic carbocycles. The van der Waals surface area contributed by atoms with Crippen molar-refractivity contribution in [2.75, 3.05) is 17.8 Å². The normalized spacial score (nSPS) is 23.7. The zero-order chi connectivity index (χ0) is 22.3. The largest absolute Gasteiger partial charge is 0.433 e. The third-order valence-corrected chi connectivity index (χ3v) is 4.49. The molecule has 3 aromatic rings. The molecular weight excluding hydrogens is 420 g/mol. The third-order valence-electron chi connectivity index (χ3n) is 4.49. The highest BCUT2D eigenvalue weighted by Gasteiger charge is 2.45. The Hall–Kier alpha value is -3.86. The number of nitrogens with zero attached hydrogens (tertiary/aromatic N) is 5. The summed E-state index contributed by atoms with van der Waals surface area (Å²) in [4.78, 5) is 32.5. The lowest BCUT2D eigenvalue weighted by molar-refractivity contribution is -0.402. The fourth-order valence-electron chi connectivity index (χ4n) is 3.08. The third kappa shape index (κ3) is 3.59. The summed E-state index contributed by atoms with van der Waals surface area (Å²) in [5, 5.41) is 44.3. The second kappa shape index (κ2) is 7.76. The molecule has 164 valence electrons. The van der Waals surface area contributed by atoms with Crippen LogP contribution in [-0.2, 0) is 4.74 Å². The van der Waals surface area contributed by atoms with Crippen molar-refractivity contribution in [3.05, 3.63) is 38.4 Å². The van der Waals surface area contributed by atoms with Crippen LogP contribution in [-0.4, -0.2) is 70.9 Å². The molecule has 1 aliphatic rings. The van der Waals surface area contributed by atoms with Gasteiger partial charge in [-0.1, -0.05) is 0 Å². The number of nitrogen functional groups attached to an aromatic ring is 1. The number of hydrazone groups is 1. The quantitative estimate of drug-likeness (QED) is 0.143. The van der Waals surface area contributed by atoms with Crippen LogP contribution in [0.1, 0.15) is 12.0 Å². The summed E-state index contributed by atoms with van der Waals surface area (Å²) in [5.74, 6) is -0.796. The molecule has 0 bridgehead atoms. The second-order valence-electron chi connectivity index (χ2n) is 6.46. The minimum absolute atomic E-state index is 0.0509. The first-order valence-electron chi connectivity index (χ1n) is 8.73. The van der Waals surface area contributed by atoms with Crippen LogP contribution in [0.2, 0.25) is 0 Å². The Labute approximate surface area is 170 Å². The summed E-state index contributed by atoms with van der Waals surface area (Å²) in [6, 6.07) is 2.45. The zero-order valence-corrected chi connectivity index (χ0v) is 15.4. The number of nitrogens with two attached hydrogens (primary N) is 1. The van der Waals surface area contributed by atoms with E-state index in [2.05, 4.69) is 25.5 Å². The van der Waals surface area contributed by atoms with Crippen LogP contribution in [0.15, 0.2) is 26.4 Å². The Kier molecular flexibility index (Phi) is 5.11. The molecule has 0 spiro atoms. The summed E-state index contributed by atoms with van der Waals surface area (Å²) in [7, 11) is 0. The van der Waals surface area contributed by atoms with Gasteiger partial charge >= 0.3 is 5.88 Å². The lowest BCUT2D eigenvalue weighted by Gasteiger charge is -2.18. The van der Waals surface area contributed by atoms with Gasteiger partial charge in [0.05, 0.1) is 18.9 Å². The molecule has 16 nitrogen and oxygen atoms in total. The van der Waals surface area contributed by atoms with Crippen molar-refractivity contribution in [2.45, 2.75) is 24.5 Å². The number of rotatable bonds is 6. The number of aliphatic hydroxyl groups is 3. The van der Waals surface area contributed by atoms with Crippen LogP contribution in [0.25, 0.3) is 11.2 Å². The molecule has 0 amide bonds. The second-order valence-corrected chi connectivity index (χ2v) is 6.46. The van der Waals surface area contributed by atoms with Gasteiger partial charge < -0.3 is 30.2 Å². The molecular formula is C15H16N8O8. The van der Waals surface area contributed by atoms with Crippen LogP contribution >= 0.6 is 0 Å². The number of aliphatic hydroxyl groups excluding tert-OH is 3. The van der Waals surface area contributed by atoms with Crippen LogP contribution in [0.4, 0.5) is 17.8 Å².